The maximum atomic E-state index is 12.7. The molecule has 4 rings (SSSR count). The highest BCUT2D eigenvalue weighted by Gasteiger charge is 2.45. The van der Waals surface area contributed by atoms with E-state index in [9.17, 15) is 4.91 Å². The van der Waals surface area contributed by atoms with Gasteiger partial charge in [0.05, 0.1) is 27.8 Å². The van der Waals surface area contributed by atoms with Crippen LogP contribution in [0.5, 0.6) is 0 Å². The van der Waals surface area contributed by atoms with Gasteiger partial charge in [0, 0.05) is 31.3 Å². The van der Waals surface area contributed by atoms with Crippen LogP contribution in [0.3, 0.4) is 0 Å². The Bertz CT molecular complexity index is 910. The summed E-state index contributed by atoms with van der Waals surface area (Å²) in [6.07, 6.45) is 0. The zero-order chi connectivity index (χ0) is 17.4. The Kier molecular flexibility index (Phi) is 3.71. The quantitative estimate of drug-likeness (QED) is 0.873. The summed E-state index contributed by atoms with van der Waals surface area (Å²) in [7, 11) is 0. The molecule has 2 heterocycles. The van der Waals surface area contributed by atoms with E-state index in [2.05, 4.69) is 11.0 Å². The van der Waals surface area contributed by atoms with Crippen molar-refractivity contribution in [3.8, 4) is 6.07 Å². The molecule has 0 atom stereocenters. The molecule has 2 aliphatic heterocycles. The Morgan fingerprint density at radius 1 is 1.08 bits per heavy atom. The van der Waals surface area contributed by atoms with Crippen LogP contribution in [0.1, 0.15) is 16.7 Å². The van der Waals surface area contributed by atoms with Gasteiger partial charge in [0.1, 0.15) is 12.2 Å². The van der Waals surface area contributed by atoms with Crippen LogP contribution >= 0.6 is 0 Å². The second kappa shape index (κ2) is 6.04. The number of para-hydroxylation sites is 1. The zero-order valence-electron chi connectivity index (χ0n) is 13.7. The minimum Gasteiger partial charge on any atom is -0.366 e. The molecule has 2 aromatic rings. The minimum atomic E-state index is 0.537. The van der Waals surface area contributed by atoms with Crippen LogP contribution < -0.4 is 5.73 Å². The molecule has 0 radical (unpaired) electrons. The van der Waals surface area contributed by atoms with Crippen molar-refractivity contribution in [2.75, 3.05) is 26.2 Å². The van der Waals surface area contributed by atoms with Crippen LogP contribution in [-0.4, -0.2) is 41.0 Å². The molecule has 0 spiro atoms. The molecule has 0 aliphatic carbocycles. The summed E-state index contributed by atoms with van der Waals surface area (Å²) < 4.78 is 0. The SMILES string of the molecule is N#Cc1ccc(C2=C3c4ccccc4[N+](=O)N3CCN2CCN)cc1. The number of nitrogens with zero attached hydrogens (tertiary/aromatic N) is 4. The summed E-state index contributed by atoms with van der Waals surface area (Å²) in [5.41, 5.74) is 10.9. The van der Waals surface area contributed by atoms with E-state index >= 15 is 0 Å². The second-order valence-corrected chi connectivity index (χ2v) is 6.08. The summed E-state index contributed by atoms with van der Waals surface area (Å²) in [5, 5.41) is 10.8. The van der Waals surface area contributed by atoms with Gasteiger partial charge >= 0.3 is 5.69 Å². The van der Waals surface area contributed by atoms with Crippen molar-refractivity contribution in [3.63, 3.8) is 0 Å². The average molecular weight is 332 g/mol. The van der Waals surface area contributed by atoms with E-state index in [0.717, 1.165) is 33.9 Å². The molecular formula is C19H18N5O+. The van der Waals surface area contributed by atoms with Crippen LogP contribution in [0.4, 0.5) is 5.69 Å². The minimum absolute atomic E-state index is 0.537. The molecule has 124 valence electrons. The molecule has 25 heavy (non-hydrogen) atoms. The maximum absolute atomic E-state index is 12.7. The van der Waals surface area contributed by atoms with Gasteiger partial charge in [-0.1, -0.05) is 29.3 Å². The van der Waals surface area contributed by atoms with Crippen molar-refractivity contribution in [3.05, 3.63) is 70.1 Å². The number of hydrogen-bond donors (Lipinski definition) is 1. The van der Waals surface area contributed by atoms with Crippen molar-refractivity contribution in [1.82, 2.24) is 9.91 Å². The van der Waals surface area contributed by atoms with Crippen LogP contribution in [0, 0.1) is 16.2 Å². The van der Waals surface area contributed by atoms with Gasteiger partial charge in [-0.15, -0.1) is 0 Å². The van der Waals surface area contributed by atoms with Gasteiger partial charge in [-0.25, -0.2) is 0 Å². The average Bonchev–Trinajstić information content (AvgIpc) is 2.95. The molecule has 0 saturated carbocycles. The first kappa shape index (κ1) is 15.4. The number of nitrogens with two attached hydrogens (primary N) is 1. The molecule has 0 amide bonds. The van der Waals surface area contributed by atoms with Crippen LogP contribution in [-0.2, 0) is 0 Å². The molecule has 0 aromatic heterocycles. The molecule has 0 bridgehead atoms. The fraction of sp³-hybridized carbons (Fsp3) is 0.211. The fourth-order valence-corrected chi connectivity index (χ4v) is 3.53. The monoisotopic (exact) mass is 332 g/mol. The van der Waals surface area contributed by atoms with Crippen molar-refractivity contribution in [2.24, 2.45) is 5.73 Å². The van der Waals surface area contributed by atoms with Gasteiger partial charge in [0.2, 0.25) is 0 Å². The van der Waals surface area contributed by atoms with Crippen LogP contribution in [0.25, 0.3) is 11.4 Å². The first-order valence-corrected chi connectivity index (χ1v) is 8.28. The van der Waals surface area contributed by atoms with Crippen molar-refractivity contribution < 1.29 is 4.87 Å². The number of benzene rings is 2. The topological polar surface area (TPSA) is 76.4 Å². The van der Waals surface area contributed by atoms with Crippen LogP contribution in [0.2, 0.25) is 0 Å². The molecule has 0 unspecified atom stereocenters. The van der Waals surface area contributed by atoms with Gasteiger partial charge in [0.15, 0.2) is 4.87 Å². The standard InChI is InChI=1S/C19H18N5O/c20-9-10-22-11-12-23-19(16-3-1-2-4-17(16)24(23)25)18(22)15-7-5-14(13-21)6-8-15/h1-8H,9-12,20H2/q+1. The Morgan fingerprint density at radius 3 is 2.56 bits per heavy atom. The molecular weight excluding hydrogens is 314 g/mol. The lowest BCUT2D eigenvalue weighted by Crippen LogP contribution is -2.42. The third-order valence-corrected chi connectivity index (χ3v) is 4.65. The number of hydrazine groups is 1. The van der Waals surface area contributed by atoms with Crippen molar-refractivity contribution in [2.45, 2.75) is 0 Å². The highest BCUT2D eigenvalue weighted by molar-refractivity contribution is 5.93. The lowest BCUT2D eigenvalue weighted by atomic mass is 10.0. The highest BCUT2D eigenvalue weighted by atomic mass is 16.3. The number of hydrogen-bond acceptors (Lipinski definition) is 4. The van der Waals surface area contributed by atoms with E-state index in [0.29, 0.717) is 30.9 Å². The third-order valence-electron chi connectivity index (χ3n) is 4.65. The summed E-state index contributed by atoms with van der Waals surface area (Å²) in [4.78, 5) is 15.9. The molecule has 6 heteroatoms. The number of nitroso groups, excluding NO2 is 1. The lowest BCUT2D eigenvalue weighted by Gasteiger charge is -2.33. The molecule has 2 aromatic carbocycles. The van der Waals surface area contributed by atoms with E-state index in [1.54, 1.807) is 17.1 Å². The van der Waals surface area contributed by atoms with Gasteiger partial charge in [-0.3, -0.25) is 0 Å². The molecule has 2 N–H and O–H groups in total. The second-order valence-electron chi connectivity index (χ2n) is 6.08. The van der Waals surface area contributed by atoms with E-state index in [4.69, 9.17) is 11.0 Å². The predicted molar refractivity (Wildman–Crippen MR) is 95.0 cm³/mol. The Morgan fingerprint density at radius 2 is 1.84 bits per heavy atom. The smallest absolute Gasteiger partial charge is 0.302 e. The first-order chi connectivity index (χ1) is 12.2. The Labute approximate surface area is 145 Å². The number of rotatable bonds is 3. The summed E-state index contributed by atoms with van der Waals surface area (Å²) in [6, 6.07) is 17.3. The van der Waals surface area contributed by atoms with E-state index in [1.165, 1.54) is 0 Å². The van der Waals surface area contributed by atoms with Crippen LogP contribution in [0.15, 0.2) is 48.5 Å². The summed E-state index contributed by atoms with van der Waals surface area (Å²) >= 11 is 0. The number of nitriles is 1. The van der Waals surface area contributed by atoms with Gasteiger partial charge in [-0.05, 0) is 18.2 Å². The zero-order valence-corrected chi connectivity index (χ0v) is 13.7. The first-order valence-electron chi connectivity index (χ1n) is 8.28. The largest absolute Gasteiger partial charge is 0.366 e. The number of fused-ring (bicyclic) bond motifs is 3. The van der Waals surface area contributed by atoms with E-state index in [-0.39, 0.29) is 0 Å². The van der Waals surface area contributed by atoms with E-state index < -0.39 is 0 Å². The predicted octanol–water partition coefficient (Wildman–Crippen LogP) is 2.30. The van der Waals surface area contributed by atoms with Crippen molar-refractivity contribution in [1.29, 1.82) is 5.26 Å². The highest BCUT2D eigenvalue weighted by Crippen LogP contribution is 2.44. The van der Waals surface area contributed by atoms with Gasteiger partial charge < -0.3 is 10.6 Å². The van der Waals surface area contributed by atoms with Gasteiger partial charge in [-0.2, -0.15) is 5.26 Å². The fourth-order valence-electron chi connectivity index (χ4n) is 3.53. The van der Waals surface area contributed by atoms with Crippen molar-refractivity contribution >= 4 is 17.1 Å². The normalized spacial score (nSPS) is 15.9. The Balaban J connectivity index is 1.95. The molecule has 0 fully saturated rings. The lowest BCUT2D eigenvalue weighted by molar-refractivity contribution is -0.612. The van der Waals surface area contributed by atoms with Gasteiger partial charge in [0.25, 0.3) is 0 Å². The molecule has 2 aliphatic rings. The Hall–Kier alpha value is -3.17. The maximum Gasteiger partial charge on any atom is 0.302 e. The molecule has 6 nitrogen and oxygen atoms in total. The summed E-state index contributed by atoms with van der Waals surface area (Å²) in [6.45, 7) is 2.60. The van der Waals surface area contributed by atoms with E-state index in [1.807, 2.05) is 36.4 Å². The third kappa shape index (κ3) is 2.37. The summed E-state index contributed by atoms with van der Waals surface area (Å²) in [5.74, 6) is 0. The molecule has 0 saturated heterocycles.